The number of rotatable bonds is 6. The minimum Gasteiger partial charge on any atom is -0.382 e. The number of halogens is 1. The second kappa shape index (κ2) is 8.30. The molecule has 1 aromatic heterocycles. The molecule has 1 heterocycles. The van der Waals surface area contributed by atoms with Gasteiger partial charge in [-0.15, -0.1) is 5.10 Å². The van der Waals surface area contributed by atoms with Crippen LogP contribution < -0.4 is 16.4 Å². The Bertz CT molecular complexity index is 1020. The SMILES string of the molecule is CCc1ccccc1NC(=O)Cn1nnc(C(=O)Nc2cccc(F)c2)c1N. The van der Waals surface area contributed by atoms with Gasteiger partial charge in [0.2, 0.25) is 5.91 Å². The summed E-state index contributed by atoms with van der Waals surface area (Å²) in [5.74, 6) is -1.55. The van der Waals surface area contributed by atoms with E-state index in [9.17, 15) is 14.0 Å². The highest BCUT2D eigenvalue weighted by molar-refractivity contribution is 6.05. The van der Waals surface area contributed by atoms with Crippen molar-refractivity contribution in [1.82, 2.24) is 15.0 Å². The van der Waals surface area contributed by atoms with Gasteiger partial charge in [-0.1, -0.05) is 36.4 Å². The normalized spacial score (nSPS) is 10.5. The number of nitrogens with one attached hydrogen (secondary N) is 2. The molecule has 0 aliphatic carbocycles. The fourth-order valence-electron chi connectivity index (χ4n) is 2.63. The maximum absolute atomic E-state index is 13.2. The second-order valence-electron chi connectivity index (χ2n) is 6.00. The first-order chi connectivity index (χ1) is 13.5. The molecule has 0 fully saturated rings. The van der Waals surface area contributed by atoms with E-state index in [-0.39, 0.29) is 29.7 Å². The average molecular weight is 382 g/mol. The van der Waals surface area contributed by atoms with E-state index in [1.807, 2.05) is 25.1 Å². The molecule has 144 valence electrons. The molecule has 0 atom stereocenters. The molecular weight excluding hydrogens is 363 g/mol. The Hall–Kier alpha value is -3.75. The standard InChI is InChI=1S/C19H19FN6O2/c1-2-12-6-3-4-9-15(12)23-16(27)11-26-18(21)17(24-25-26)19(28)22-14-8-5-7-13(20)10-14/h3-10H,2,11,21H2,1H3,(H,22,28)(H,23,27). The fraction of sp³-hybridized carbons (Fsp3) is 0.158. The zero-order valence-electron chi connectivity index (χ0n) is 15.1. The van der Waals surface area contributed by atoms with Gasteiger partial charge in [-0.2, -0.15) is 0 Å². The lowest BCUT2D eigenvalue weighted by molar-refractivity contribution is -0.116. The van der Waals surface area contributed by atoms with Crippen molar-refractivity contribution in [3.05, 3.63) is 65.6 Å². The van der Waals surface area contributed by atoms with Gasteiger partial charge >= 0.3 is 0 Å². The van der Waals surface area contributed by atoms with Crippen LogP contribution in [0.4, 0.5) is 21.6 Å². The van der Waals surface area contributed by atoms with Crippen LogP contribution in [0.25, 0.3) is 0 Å². The Balaban J connectivity index is 1.68. The molecule has 4 N–H and O–H groups in total. The summed E-state index contributed by atoms with van der Waals surface area (Å²) in [4.78, 5) is 24.6. The topological polar surface area (TPSA) is 115 Å². The van der Waals surface area contributed by atoms with E-state index in [1.54, 1.807) is 6.07 Å². The maximum atomic E-state index is 13.2. The molecule has 0 bridgehead atoms. The van der Waals surface area contributed by atoms with Crippen molar-refractivity contribution >= 4 is 29.0 Å². The summed E-state index contributed by atoms with van der Waals surface area (Å²) in [5.41, 5.74) is 7.72. The second-order valence-corrected chi connectivity index (χ2v) is 6.00. The Morgan fingerprint density at radius 1 is 1.14 bits per heavy atom. The molecule has 3 aromatic rings. The lowest BCUT2D eigenvalue weighted by Gasteiger charge is -2.10. The number of para-hydroxylation sites is 1. The number of anilines is 3. The smallest absolute Gasteiger partial charge is 0.280 e. The maximum Gasteiger partial charge on any atom is 0.280 e. The van der Waals surface area contributed by atoms with Gasteiger partial charge < -0.3 is 16.4 Å². The summed E-state index contributed by atoms with van der Waals surface area (Å²) in [6.07, 6.45) is 0.770. The van der Waals surface area contributed by atoms with Gasteiger partial charge in [0.05, 0.1) is 0 Å². The number of nitrogens with zero attached hydrogens (tertiary/aromatic N) is 3. The van der Waals surface area contributed by atoms with Crippen molar-refractivity contribution in [2.24, 2.45) is 0 Å². The molecule has 0 saturated heterocycles. The summed E-state index contributed by atoms with van der Waals surface area (Å²) in [5, 5.41) is 12.8. The molecule has 0 spiro atoms. The predicted octanol–water partition coefficient (Wildman–Crippen LogP) is 2.45. The largest absolute Gasteiger partial charge is 0.382 e. The first-order valence-electron chi connectivity index (χ1n) is 8.61. The van der Waals surface area contributed by atoms with Gasteiger partial charge in [-0.3, -0.25) is 9.59 Å². The molecule has 8 nitrogen and oxygen atoms in total. The number of carbonyl (C=O) groups is 2. The Labute approximate surface area is 160 Å². The number of hydrogen-bond donors (Lipinski definition) is 3. The van der Waals surface area contributed by atoms with Crippen LogP contribution in [0.3, 0.4) is 0 Å². The molecule has 0 unspecified atom stereocenters. The van der Waals surface area contributed by atoms with Gasteiger partial charge in [0.15, 0.2) is 11.5 Å². The minimum atomic E-state index is -0.647. The number of hydrogen-bond acceptors (Lipinski definition) is 5. The first-order valence-corrected chi connectivity index (χ1v) is 8.61. The van der Waals surface area contributed by atoms with Gasteiger partial charge in [-0.25, -0.2) is 9.07 Å². The van der Waals surface area contributed by atoms with Gasteiger partial charge in [0.1, 0.15) is 12.4 Å². The number of carbonyl (C=O) groups excluding carboxylic acids is 2. The Kier molecular flexibility index (Phi) is 5.64. The van der Waals surface area contributed by atoms with E-state index >= 15 is 0 Å². The molecule has 0 aliphatic rings. The summed E-state index contributed by atoms with van der Waals surface area (Å²) < 4.78 is 14.4. The van der Waals surface area contributed by atoms with Crippen molar-refractivity contribution in [2.75, 3.05) is 16.4 Å². The summed E-state index contributed by atoms with van der Waals surface area (Å²) in [7, 11) is 0. The third-order valence-electron chi connectivity index (χ3n) is 4.04. The number of benzene rings is 2. The number of aromatic nitrogens is 3. The van der Waals surface area contributed by atoms with Crippen molar-refractivity contribution in [2.45, 2.75) is 19.9 Å². The summed E-state index contributed by atoms with van der Waals surface area (Å²) in [6, 6.07) is 12.9. The molecular formula is C19H19FN6O2. The van der Waals surface area contributed by atoms with E-state index in [1.165, 1.54) is 18.2 Å². The third-order valence-corrected chi connectivity index (χ3v) is 4.04. The van der Waals surface area contributed by atoms with Crippen LogP contribution in [0.2, 0.25) is 0 Å². The highest BCUT2D eigenvalue weighted by Crippen LogP contribution is 2.16. The van der Waals surface area contributed by atoms with Crippen molar-refractivity contribution in [3.8, 4) is 0 Å². The van der Waals surface area contributed by atoms with Crippen LogP contribution in [0.1, 0.15) is 23.0 Å². The van der Waals surface area contributed by atoms with Crippen molar-refractivity contribution in [3.63, 3.8) is 0 Å². The number of amides is 2. The van der Waals surface area contributed by atoms with Crippen molar-refractivity contribution < 1.29 is 14.0 Å². The average Bonchev–Trinajstić information content (AvgIpc) is 3.02. The van der Waals surface area contributed by atoms with E-state index in [0.717, 1.165) is 22.7 Å². The molecule has 0 aliphatic heterocycles. The highest BCUT2D eigenvalue weighted by Gasteiger charge is 2.19. The molecule has 2 amide bonds. The van der Waals surface area contributed by atoms with E-state index < -0.39 is 11.7 Å². The molecule has 2 aromatic carbocycles. The van der Waals surface area contributed by atoms with Gasteiger partial charge in [0.25, 0.3) is 5.91 Å². The monoisotopic (exact) mass is 382 g/mol. The molecule has 3 rings (SSSR count). The molecule has 9 heteroatoms. The summed E-state index contributed by atoms with van der Waals surface area (Å²) >= 11 is 0. The lowest BCUT2D eigenvalue weighted by Crippen LogP contribution is -2.22. The van der Waals surface area contributed by atoms with Gasteiger partial charge in [0, 0.05) is 11.4 Å². The molecule has 0 radical (unpaired) electrons. The van der Waals surface area contributed by atoms with E-state index in [2.05, 4.69) is 20.9 Å². The predicted molar refractivity (Wildman–Crippen MR) is 103 cm³/mol. The first kappa shape index (κ1) is 19.0. The highest BCUT2D eigenvalue weighted by atomic mass is 19.1. The van der Waals surface area contributed by atoms with Crippen LogP contribution >= 0.6 is 0 Å². The number of nitrogens with two attached hydrogens (primary N) is 1. The van der Waals surface area contributed by atoms with Crippen LogP contribution in [-0.2, 0) is 17.8 Å². The molecule has 28 heavy (non-hydrogen) atoms. The Morgan fingerprint density at radius 2 is 1.93 bits per heavy atom. The minimum absolute atomic E-state index is 0.0622. The van der Waals surface area contributed by atoms with Crippen LogP contribution in [0.15, 0.2) is 48.5 Å². The zero-order chi connectivity index (χ0) is 20.1. The molecule has 0 saturated carbocycles. The van der Waals surface area contributed by atoms with E-state index in [4.69, 9.17) is 5.73 Å². The fourth-order valence-corrected chi connectivity index (χ4v) is 2.63. The number of aryl methyl sites for hydroxylation is 1. The van der Waals surface area contributed by atoms with Gasteiger partial charge in [-0.05, 0) is 36.2 Å². The van der Waals surface area contributed by atoms with Crippen LogP contribution in [-0.4, -0.2) is 26.8 Å². The van der Waals surface area contributed by atoms with Crippen LogP contribution in [0, 0.1) is 5.82 Å². The lowest BCUT2D eigenvalue weighted by atomic mass is 10.1. The quantitative estimate of drug-likeness (QED) is 0.606. The zero-order valence-corrected chi connectivity index (χ0v) is 15.1. The van der Waals surface area contributed by atoms with E-state index in [0.29, 0.717) is 5.69 Å². The Morgan fingerprint density at radius 3 is 2.68 bits per heavy atom. The van der Waals surface area contributed by atoms with Crippen molar-refractivity contribution in [1.29, 1.82) is 0 Å². The third kappa shape index (κ3) is 4.32. The number of nitrogen functional groups attached to an aromatic ring is 1. The summed E-state index contributed by atoms with van der Waals surface area (Å²) in [6.45, 7) is 1.79. The van der Waals surface area contributed by atoms with Crippen LogP contribution in [0.5, 0.6) is 0 Å².